The Hall–Kier alpha value is -0.530. The second-order valence-corrected chi connectivity index (χ2v) is 5.07. The maximum Gasteiger partial charge on any atom is 0.306 e. The maximum atomic E-state index is 11.5. The Morgan fingerprint density at radius 3 is 2.64 bits per heavy atom. The summed E-state index contributed by atoms with van der Waals surface area (Å²) >= 11 is 0. The number of carbonyl (C=O) groups excluding carboxylic acids is 1. The Balaban J connectivity index is 2.25. The normalized spacial score (nSPS) is 19.4. The number of ether oxygens (including phenoxy) is 1. The lowest BCUT2D eigenvalue weighted by molar-refractivity contribution is -0.155. The van der Waals surface area contributed by atoms with Crippen molar-refractivity contribution in [1.29, 1.82) is 0 Å². The molecule has 0 bridgehead atoms. The fourth-order valence-electron chi connectivity index (χ4n) is 1.80. The topological polar surface area (TPSA) is 26.3 Å². The third-order valence-corrected chi connectivity index (χ3v) is 2.38. The Bertz CT molecular complexity index is 185. The van der Waals surface area contributed by atoms with Gasteiger partial charge in [0.15, 0.2) is 0 Å². The lowest BCUT2D eigenvalue weighted by Gasteiger charge is -2.24. The van der Waals surface area contributed by atoms with Gasteiger partial charge in [0, 0.05) is 6.42 Å². The summed E-state index contributed by atoms with van der Waals surface area (Å²) in [5.74, 6) is 0.402. The van der Waals surface area contributed by atoms with Crippen LogP contribution in [0.4, 0.5) is 0 Å². The van der Waals surface area contributed by atoms with Crippen LogP contribution in [0.1, 0.15) is 52.9 Å². The van der Waals surface area contributed by atoms with E-state index in [4.69, 9.17) is 4.74 Å². The van der Waals surface area contributed by atoms with E-state index < -0.39 is 0 Å². The molecule has 2 nitrogen and oxygen atoms in total. The largest absolute Gasteiger partial charge is 0.460 e. The van der Waals surface area contributed by atoms with Crippen LogP contribution in [0.15, 0.2) is 0 Å². The van der Waals surface area contributed by atoms with Crippen molar-refractivity contribution in [3.8, 4) is 0 Å². The van der Waals surface area contributed by atoms with Gasteiger partial charge < -0.3 is 4.74 Å². The summed E-state index contributed by atoms with van der Waals surface area (Å²) in [6.45, 7) is 5.74. The highest BCUT2D eigenvalue weighted by molar-refractivity contribution is 5.70. The van der Waals surface area contributed by atoms with Gasteiger partial charge in [-0.25, -0.2) is 0 Å². The summed E-state index contributed by atoms with van der Waals surface area (Å²) in [7, 11) is 0. The van der Waals surface area contributed by atoms with E-state index in [1.54, 1.807) is 0 Å². The lowest BCUT2D eigenvalue weighted by atomic mass is 9.87. The van der Waals surface area contributed by atoms with Gasteiger partial charge >= 0.3 is 5.97 Å². The van der Waals surface area contributed by atoms with Gasteiger partial charge in [0.25, 0.3) is 0 Å². The molecular weight excluding hydrogens is 176 g/mol. The zero-order valence-electron chi connectivity index (χ0n) is 9.51. The summed E-state index contributed by atoms with van der Waals surface area (Å²) in [6, 6.07) is 0. The van der Waals surface area contributed by atoms with Crippen molar-refractivity contribution >= 4 is 5.97 Å². The third-order valence-electron chi connectivity index (χ3n) is 2.38. The van der Waals surface area contributed by atoms with E-state index in [1.165, 1.54) is 12.8 Å². The molecule has 0 spiro atoms. The molecule has 1 saturated carbocycles. The Morgan fingerprint density at radius 2 is 2.14 bits per heavy atom. The molecule has 0 N–H and O–H groups in total. The third kappa shape index (κ3) is 4.64. The van der Waals surface area contributed by atoms with E-state index in [9.17, 15) is 4.79 Å². The Labute approximate surface area is 87.0 Å². The minimum atomic E-state index is -0.342. The molecule has 0 aromatic rings. The first-order chi connectivity index (χ1) is 6.47. The highest BCUT2D eigenvalue weighted by Crippen LogP contribution is 2.26. The van der Waals surface area contributed by atoms with Crippen LogP contribution < -0.4 is 0 Å². The summed E-state index contributed by atoms with van der Waals surface area (Å²) in [5, 5.41) is 0. The van der Waals surface area contributed by atoms with Crippen molar-refractivity contribution in [3.05, 3.63) is 6.42 Å². The zero-order valence-corrected chi connectivity index (χ0v) is 9.51. The highest BCUT2D eigenvalue weighted by atomic mass is 16.6. The van der Waals surface area contributed by atoms with Crippen LogP contribution in [0.25, 0.3) is 0 Å². The van der Waals surface area contributed by atoms with Crippen molar-refractivity contribution < 1.29 is 9.53 Å². The molecule has 0 amide bonds. The van der Waals surface area contributed by atoms with Gasteiger partial charge in [-0.2, -0.15) is 0 Å². The van der Waals surface area contributed by atoms with Gasteiger partial charge in [-0.15, -0.1) is 0 Å². The van der Waals surface area contributed by atoms with Crippen LogP contribution in [-0.2, 0) is 9.53 Å². The Kier molecular flexibility index (Phi) is 3.97. The Morgan fingerprint density at radius 1 is 1.43 bits per heavy atom. The molecule has 1 fully saturated rings. The average molecular weight is 197 g/mol. The van der Waals surface area contributed by atoms with Gasteiger partial charge in [0.05, 0.1) is 0 Å². The second-order valence-electron chi connectivity index (χ2n) is 5.07. The zero-order chi connectivity index (χ0) is 10.6. The fourth-order valence-corrected chi connectivity index (χ4v) is 1.80. The summed E-state index contributed by atoms with van der Waals surface area (Å²) in [6.07, 6.45) is 7.69. The van der Waals surface area contributed by atoms with Crippen molar-refractivity contribution in [2.75, 3.05) is 0 Å². The number of hydrogen-bond donors (Lipinski definition) is 0. The fraction of sp³-hybridized carbons (Fsp3) is 0.833. The first-order valence-electron chi connectivity index (χ1n) is 5.52. The van der Waals surface area contributed by atoms with E-state index in [-0.39, 0.29) is 11.6 Å². The van der Waals surface area contributed by atoms with E-state index in [1.807, 2.05) is 20.8 Å². The molecule has 0 aliphatic heterocycles. The van der Waals surface area contributed by atoms with Crippen molar-refractivity contribution in [3.63, 3.8) is 0 Å². The maximum absolute atomic E-state index is 11.5. The first-order valence-corrected chi connectivity index (χ1v) is 5.52. The minimum absolute atomic E-state index is 0.0550. The summed E-state index contributed by atoms with van der Waals surface area (Å²) in [4.78, 5) is 11.5. The van der Waals surface area contributed by atoms with Crippen molar-refractivity contribution in [1.82, 2.24) is 0 Å². The molecule has 1 unspecified atom stereocenters. The SMILES string of the molecule is CC(C)(C)OC(=O)CC1[CH]CCCC1. The molecule has 0 aromatic heterocycles. The molecule has 0 heterocycles. The number of rotatable bonds is 2. The van der Waals surface area contributed by atoms with E-state index >= 15 is 0 Å². The van der Waals surface area contributed by atoms with E-state index in [2.05, 4.69) is 6.42 Å². The molecule has 1 aliphatic carbocycles. The van der Waals surface area contributed by atoms with Gasteiger partial charge in [-0.1, -0.05) is 12.8 Å². The molecule has 0 aromatic carbocycles. The predicted molar refractivity (Wildman–Crippen MR) is 56.7 cm³/mol. The monoisotopic (exact) mass is 197 g/mol. The predicted octanol–water partition coefficient (Wildman–Crippen LogP) is 3.11. The number of carbonyl (C=O) groups is 1. The van der Waals surface area contributed by atoms with Gasteiger partial charge in [-0.3, -0.25) is 4.79 Å². The van der Waals surface area contributed by atoms with Crippen LogP contribution in [0.2, 0.25) is 0 Å². The molecule has 1 radical (unpaired) electrons. The summed E-state index contributed by atoms with van der Waals surface area (Å²) < 4.78 is 5.28. The molecule has 1 aliphatic rings. The second kappa shape index (κ2) is 4.81. The molecule has 0 saturated heterocycles. The lowest BCUT2D eigenvalue weighted by Crippen LogP contribution is -2.25. The minimum Gasteiger partial charge on any atom is -0.460 e. The van der Waals surface area contributed by atoms with E-state index in [0.29, 0.717) is 12.3 Å². The van der Waals surface area contributed by atoms with Crippen molar-refractivity contribution in [2.24, 2.45) is 5.92 Å². The molecule has 1 atom stereocenters. The van der Waals surface area contributed by atoms with E-state index in [0.717, 1.165) is 12.8 Å². The van der Waals surface area contributed by atoms with Crippen LogP contribution in [0.3, 0.4) is 0 Å². The van der Waals surface area contributed by atoms with Crippen LogP contribution in [-0.4, -0.2) is 11.6 Å². The molecule has 1 rings (SSSR count). The molecule has 81 valence electrons. The quantitative estimate of drug-likeness (QED) is 0.636. The standard InChI is InChI=1S/C12H21O2/c1-12(2,3)14-11(13)9-10-7-5-4-6-8-10/h7,10H,4-6,8-9H2,1-3H3. The summed E-state index contributed by atoms with van der Waals surface area (Å²) in [5.41, 5.74) is -0.342. The number of esters is 1. The van der Waals surface area contributed by atoms with Crippen molar-refractivity contribution in [2.45, 2.75) is 58.5 Å². The molecule has 14 heavy (non-hydrogen) atoms. The first kappa shape index (κ1) is 11.5. The van der Waals surface area contributed by atoms with Gasteiger partial charge in [0.1, 0.15) is 5.60 Å². The van der Waals surface area contributed by atoms with Crippen LogP contribution in [0, 0.1) is 12.3 Å². The van der Waals surface area contributed by atoms with Gasteiger partial charge in [0.2, 0.25) is 0 Å². The highest BCUT2D eigenvalue weighted by Gasteiger charge is 2.21. The molecular formula is C12H21O2. The van der Waals surface area contributed by atoms with Crippen LogP contribution >= 0.6 is 0 Å². The average Bonchev–Trinajstić information content (AvgIpc) is 2.02. The van der Waals surface area contributed by atoms with Crippen LogP contribution in [0.5, 0.6) is 0 Å². The van der Waals surface area contributed by atoms with Gasteiger partial charge in [-0.05, 0) is 46.0 Å². The molecule has 2 heteroatoms. The number of hydrogen-bond acceptors (Lipinski definition) is 2. The smallest absolute Gasteiger partial charge is 0.306 e.